The highest BCUT2D eigenvalue weighted by molar-refractivity contribution is 5.99. The second kappa shape index (κ2) is 8.94. The Morgan fingerprint density at radius 1 is 1.17 bits per heavy atom. The first kappa shape index (κ1) is 25.2. The number of benzene rings is 1. The number of aliphatic carboxylic acids is 1. The Morgan fingerprint density at radius 3 is 2.43 bits per heavy atom. The van der Waals surface area contributed by atoms with Gasteiger partial charge in [0, 0.05) is 47.7 Å². The van der Waals surface area contributed by atoms with E-state index in [9.17, 15) is 14.7 Å². The molecular weight excluding hydrogens is 442 g/mol. The van der Waals surface area contributed by atoms with E-state index in [-0.39, 0.29) is 11.3 Å². The summed E-state index contributed by atoms with van der Waals surface area (Å²) in [5.74, 6) is -1.09. The zero-order valence-corrected chi connectivity index (χ0v) is 21.9. The molecule has 3 heterocycles. The Hall–Kier alpha value is -2.93. The molecule has 4 rings (SSSR count). The van der Waals surface area contributed by atoms with Gasteiger partial charge in [-0.15, -0.1) is 0 Å². The second-order valence-electron chi connectivity index (χ2n) is 11.6. The number of hydrogen-bond acceptors (Lipinski definition) is 5. The van der Waals surface area contributed by atoms with Crippen molar-refractivity contribution in [3.05, 3.63) is 46.3 Å². The Balaban J connectivity index is 1.96. The number of aryl methyl sites for hydroxylation is 2. The van der Waals surface area contributed by atoms with Crippen LogP contribution in [0.3, 0.4) is 0 Å². The van der Waals surface area contributed by atoms with Crippen LogP contribution in [0.5, 0.6) is 0 Å². The Morgan fingerprint density at radius 2 is 1.83 bits per heavy atom. The third-order valence-electron chi connectivity index (χ3n) is 7.05. The first-order valence-corrected chi connectivity index (χ1v) is 12.4. The van der Waals surface area contributed by atoms with Gasteiger partial charge in [-0.3, -0.25) is 9.78 Å². The molecule has 0 saturated carbocycles. The van der Waals surface area contributed by atoms with E-state index in [2.05, 4.69) is 24.1 Å². The van der Waals surface area contributed by atoms with Crippen molar-refractivity contribution in [2.24, 2.45) is 5.41 Å². The van der Waals surface area contributed by atoms with Crippen LogP contribution in [0.15, 0.2) is 18.2 Å². The fourth-order valence-corrected chi connectivity index (χ4v) is 5.14. The molecular formula is C28H37N3O4. The molecule has 0 radical (unpaired) electrons. The number of carboxylic acids is 1. The Kier molecular flexibility index (Phi) is 6.43. The largest absolute Gasteiger partial charge is 0.479 e. The van der Waals surface area contributed by atoms with E-state index in [1.807, 2.05) is 52.8 Å². The van der Waals surface area contributed by atoms with Crippen LogP contribution in [-0.4, -0.2) is 40.7 Å². The van der Waals surface area contributed by atoms with Crippen LogP contribution in [-0.2, 0) is 16.1 Å². The number of aromatic nitrogens is 1. The van der Waals surface area contributed by atoms with Gasteiger partial charge in [0.15, 0.2) is 6.10 Å². The highest BCUT2D eigenvalue weighted by Gasteiger charge is 2.36. The van der Waals surface area contributed by atoms with Crippen molar-refractivity contribution in [2.45, 2.75) is 79.6 Å². The number of carbonyl (C=O) groups excluding carboxylic acids is 1. The summed E-state index contributed by atoms with van der Waals surface area (Å²) in [6.45, 7) is 16.1. The number of pyridine rings is 1. The van der Waals surface area contributed by atoms with Gasteiger partial charge < -0.3 is 20.1 Å². The average Bonchev–Trinajstić information content (AvgIpc) is 3.11. The SMILES string of the molecule is Cc1nc(C)c([C@H](OC(C)(C)C)C(=O)O)c(N2CCC(C)(C)CC2)c1-c1ccc2c(c1)CNC2=O. The van der Waals surface area contributed by atoms with E-state index in [0.29, 0.717) is 23.4 Å². The molecule has 35 heavy (non-hydrogen) atoms. The molecule has 1 saturated heterocycles. The zero-order valence-electron chi connectivity index (χ0n) is 21.9. The van der Waals surface area contributed by atoms with Gasteiger partial charge in [0.25, 0.3) is 5.91 Å². The third-order valence-corrected chi connectivity index (χ3v) is 7.05. The normalized spacial score (nSPS) is 18.3. The number of nitrogens with one attached hydrogen (secondary N) is 1. The summed E-state index contributed by atoms with van der Waals surface area (Å²) in [6, 6.07) is 5.84. The molecule has 2 N–H and O–H groups in total. The average molecular weight is 480 g/mol. The van der Waals surface area contributed by atoms with Crippen molar-refractivity contribution >= 4 is 17.6 Å². The van der Waals surface area contributed by atoms with Crippen LogP contribution in [0.25, 0.3) is 11.1 Å². The van der Waals surface area contributed by atoms with Gasteiger partial charge in [0.1, 0.15) is 0 Å². The first-order chi connectivity index (χ1) is 16.3. The van der Waals surface area contributed by atoms with E-state index >= 15 is 0 Å². The van der Waals surface area contributed by atoms with Gasteiger partial charge >= 0.3 is 5.97 Å². The minimum absolute atomic E-state index is 0.0611. The molecule has 0 bridgehead atoms. The summed E-state index contributed by atoms with van der Waals surface area (Å²) >= 11 is 0. The van der Waals surface area contributed by atoms with Crippen LogP contribution in [0.2, 0.25) is 0 Å². The fourth-order valence-electron chi connectivity index (χ4n) is 5.14. The number of fused-ring (bicyclic) bond motifs is 1. The predicted octanol–water partition coefficient (Wildman–Crippen LogP) is 5.18. The Labute approximate surface area is 207 Å². The zero-order chi connectivity index (χ0) is 25.7. The van der Waals surface area contributed by atoms with Crippen molar-refractivity contribution in [3.63, 3.8) is 0 Å². The highest BCUT2D eigenvalue weighted by atomic mass is 16.5. The van der Waals surface area contributed by atoms with Crippen molar-refractivity contribution in [1.29, 1.82) is 0 Å². The highest BCUT2D eigenvalue weighted by Crippen LogP contribution is 2.45. The molecule has 0 unspecified atom stereocenters. The number of ether oxygens (including phenoxy) is 1. The summed E-state index contributed by atoms with van der Waals surface area (Å²) in [6.07, 6.45) is 0.865. The second-order valence-corrected chi connectivity index (χ2v) is 11.6. The van der Waals surface area contributed by atoms with Crippen molar-refractivity contribution < 1.29 is 19.4 Å². The maximum absolute atomic E-state index is 12.6. The standard InChI is InChI=1S/C28H37N3O4/c1-16-21(18-8-9-20-19(14-18)15-29-25(20)32)23(31-12-10-28(6,7)11-13-31)22(17(2)30-16)24(26(33)34)35-27(3,4)5/h8-9,14,24H,10-13,15H2,1-7H3,(H,29,32)(H,33,34)/t24-/m0/s1. The minimum Gasteiger partial charge on any atom is -0.479 e. The molecule has 1 atom stereocenters. The van der Waals surface area contributed by atoms with Gasteiger partial charge in [-0.25, -0.2) is 4.79 Å². The molecule has 0 spiro atoms. The van der Waals surface area contributed by atoms with Gasteiger partial charge in [0.2, 0.25) is 0 Å². The number of rotatable bonds is 5. The third kappa shape index (κ3) is 5.06. The van der Waals surface area contributed by atoms with Crippen molar-refractivity contribution in [1.82, 2.24) is 10.3 Å². The van der Waals surface area contributed by atoms with Crippen LogP contribution in [0.1, 0.15) is 86.4 Å². The van der Waals surface area contributed by atoms with Crippen molar-refractivity contribution in [2.75, 3.05) is 18.0 Å². The lowest BCUT2D eigenvalue weighted by molar-refractivity contribution is -0.160. The van der Waals surface area contributed by atoms with E-state index in [0.717, 1.165) is 54.0 Å². The lowest BCUT2D eigenvalue weighted by Gasteiger charge is -2.41. The van der Waals surface area contributed by atoms with Crippen LogP contribution in [0, 0.1) is 19.3 Å². The summed E-state index contributed by atoms with van der Waals surface area (Å²) in [4.78, 5) is 31.8. The van der Waals surface area contributed by atoms with E-state index < -0.39 is 17.7 Å². The number of anilines is 1. The molecule has 1 amide bonds. The van der Waals surface area contributed by atoms with Gasteiger partial charge in [0.05, 0.1) is 11.3 Å². The molecule has 2 aliphatic rings. The molecule has 2 aromatic rings. The molecule has 188 valence electrons. The monoisotopic (exact) mass is 479 g/mol. The quantitative estimate of drug-likeness (QED) is 0.614. The van der Waals surface area contributed by atoms with Gasteiger partial charge in [-0.05, 0) is 76.1 Å². The summed E-state index contributed by atoms with van der Waals surface area (Å²) in [5.41, 5.74) is 6.07. The topological polar surface area (TPSA) is 91.8 Å². The predicted molar refractivity (Wildman–Crippen MR) is 137 cm³/mol. The molecule has 1 aromatic heterocycles. The summed E-state index contributed by atoms with van der Waals surface area (Å²) in [7, 11) is 0. The van der Waals surface area contributed by atoms with Crippen molar-refractivity contribution in [3.8, 4) is 11.1 Å². The number of carbonyl (C=O) groups is 2. The summed E-state index contributed by atoms with van der Waals surface area (Å²) < 4.78 is 6.14. The van der Waals surface area contributed by atoms with Gasteiger partial charge in [-0.1, -0.05) is 19.9 Å². The van der Waals surface area contributed by atoms with Crippen LogP contribution < -0.4 is 10.2 Å². The maximum Gasteiger partial charge on any atom is 0.337 e. The minimum atomic E-state index is -1.15. The molecule has 1 fully saturated rings. The molecule has 1 aromatic carbocycles. The smallest absolute Gasteiger partial charge is 0.337 e. The Bertz CT molecular complexity index is 1170. The fraction of sp³-hybridized carbons (Fsp3) is 0.536. The number of piperidine rings is 1. The molecule has 0 aliphatic carbocycles. The lowest BCUT2D eigenvalue weighted by atomic mass is 9.81. The van der Waals surface area contributed by atoms with Gasteiger partial charge in [-0.2, -0.15) is 0 Å². The number of hydrogen-bond donors (Lipinski definition) is 2. The maximum atomic E-state index is 12.6. The molecule has 7 heteroatoms. The van der Waals surface area contributed by atoms with E-state index in [1.54, 1.807) is 0 Å². The first-order valence-electron chi connectivity index (χ1n) is 12.4. The molecule has 7 nitrogen and oxygen atoms in total. The number of amides is 1. The lowest BCUT2D eigenvalue weighted by Crippen LogP contribution is -2.39. The van der Waals surface area contributed by atoms with E-state index in [1.165, 1.54) is 0 Å². The van der Waals surface area contributed by atoms with E-state index in [4.69, 9.17) is 9.72 Å². The number of carboxylic acid groups (broad SMARTS) is 1. The van der Waals surface area contributed by atoms with Crippen LogP contribution >= 0.6 is 0 Å². The number of nitrogens with zero attached hydrogens (tertiary/aromatic N) is 2. The van der Waals surface area contributed by atoms with Crippen LogP contribution in [0.4, 0.5) is 5.69 Å². The molecule has 2 aliphatic heterocycles. The summed E-state index contributed by atoms with van der Waals surface area (Å²) in [5, 5.41) is 13.2.